The molecule has 1 aliphatic rings. The van der Waals surface area contributed by atoms with Crippen LogP contribution in [0.15, 0.2) is 18.7 Å². The molecule has 0 aromatic carbocycles. The van der Waals surface area contributed by atoms with E-state index in [-0.39, 0.29) is 30.3 Å². The number of likely N-dealkylation sites (tertiary alicyclic amines) is 1. The largest absolute Gasteiger partial charge is 0.337 e. The highest BCUT2D eigenvalue weighted by atomic mass is 16.2. The van der Waals surface area contributed by atoms with Gasteiger partial charge in [-0.1, -0.05) is 0 Å². The summed E-state index contributed by atoms with van der Waals surface area (Å²) in [5.74, 6) is -0.172. The third kappa shape index (κ3) is 3.20. The van der Waals surface area contributed by atoms with Gasteiger partial charge in [0.05, 0.1) is 18.8 Å². The Morgan fingerprint density at radius 2 is 2.26 bits per heavy atom. The molecule has 2 heterocycles. The van der Waals surface area contributed by atoms with Crippen LogP contribution in [0.3, 0.4) is 0 Å². The number of nitrogens with one attached hydrogen (secondary N) is 1. The maximum Gasteiger partial charge on any atom is 0.247 e. The Balaban J connectivity index is 1.75. The molecule has 2 rings (SSSR count). The lowest BCUT2D eigenvalue weighted by atomic mass is 10.2. The molecule has 1 fully saturated rings. The normalized spacial score (nSPS) is 19.7. The first-order valence-electron chi connectivity index (χ1n) is 6.64. The van der Waals surface area contributed by atoms with E-state index in [1.807, 2.05) is 24.6 Å². The summed E-state index contributed by atoms with van der Waals surface area (Å²) in [4.78, 5) is 29.0. The summed E-state index contributed by atoms with van der Waals surface area (Å²) in [5, 5.41) is 3.16. The number of nitrogens with zero attached hydrogens (tertiary/aromatic N) is 3. The smallest absolute Gasteiger partial charge is 0.247 e. The maximum atomic E-state index is 12.0. The fourth-order valence-corrected chi connectivity index (χ4v) is 2.31. The van der Waals surface area contributed by atoms with Crippen LogP contribution in [0.5, 0.6) is 0 Å². The topological polar surface area (TPSA) is 67.2 Å². The molecule has 104 valence electrons. The second-order valence-corrected chi connectivity index (χ2v) is 5.06. The van der Waals surface area contributed by atoms with Crippen LogP contribution in [0.4, 0.5) is 0 Å². The van der Waals surface area contributed by atoms with E-state index in [2.05, 4.69) is 10.3 Å². The molecule has 0 radical (unpaired) electrons. The van der Waals surface area contributed by atoms with Crippen LogP contribution >= 0.6 is 0 Å². The van der Waals surface area contributed by atoms with Gasteiger partial charge in [-0.3, -0.25) is 14.5 Å². The number of carbonyl (C=O) groups is 2. The lowest BCUT2D eigenvalue weighted by Gasteiger charge is -2.19. The van der Waals surface area contributed by atoms with Crippen molar-refractivity contribution >= 4 is 11.8 Å². The van der Waals surface area contributed by atoms with Gasteiger partial charge in [0, 0.05) is 25.0 Å². The maximum absolute atomic E-state index is 12.0. The number of imide groups is 1. The molecule has 1 aromatic heterocycles. The quantitative estimate of drug-likeness (QED) is 0.596. The minimum absolute atomic E-state index is 0.0576. The molecule has 1 saturated heterocycles. The van der Waals surface area contributed by atoms with Crippen molar-refractivity contribution in [3.63, 3.8) is 0 Å². The van der Waals surface area contributed by atoms with Gasteiger partial charge in [-0.25, -0.2) is 4.98 Å². The number of aromatic nitrogens is 2. The van der Waals surface area contributed by atoms with Gasteiger partial charge in [0.15, 0.2) is 0 Å². The molecule has 1 atom stereocenters. The number of rotatable bonds is 6. The number of aryl methyl sites for hydroxylation is 1. The molecular formula is C13H20N4O2. The summed E-state index contributed by atoms with van der Waals surface area (Å²) in [5.41, 5.74) is 0. The Kier molecular flexibility index (Phi) is 4.31. The van der Waals surface area contributed by atoms with Crippen molar-refractivity contribution in [3.05, 3.63) is 18.7 Å². The van der Waals surface area contributed by atoms with Crippen molar-refractivity contribution in [1.82, 2.24) is 19.8 Å². The molecular weight excluding hydrogens is 244 g/mol. The average molecular weight is 264 g/mol. The molecule has 6 nitrogen and oxygen atoms in total. The predicted molar refractivity (Wildman–Crippen MR) is 70.2 cm³/mol. The first-order chi connectivity index (χ1) is 9.09. The van der Waals surface area contributed by atoms with Gasteiger partial charge in [-0.2, -0.15) is 0 Å². The summed E-state index contributed by atoms with van der Waals surface area (Å²) in [6.45, 7) is 5.29. The zero-order chi connectivity index (χ0) is 13.8. The minimum Gasteiger partial charge on any atom is -0.337 e. The van der Waals surface area contributed by atoms with Crippen molar-refractivity contribution in [2.24, 2.45) is 0 Å². The van der Waals surface area contributed by atoms with E-state index in [0.29, 0.717) is 6.54 Å². The number of amides is 2. The first kappa shape index (κ1) is 13.7. The molecule has 6 heteroatoms. The van der Waals surface area contributed by atoms with E-state index < -0.39 is 0 Å². The van der Waals surface area contributed by atoms with Gasteiger partial charge >= 0.3 is 0 Å². The van der Waals surface area contributed by atoms with Gasteiger partial charge in [0.25, 0.3) is 0 Å². The monoisotopic (exact) mass is 264 g/mol. The van der Waals surface area contributed by atoms with Crippen molar-refractivity contribution < 1.29 is 9.59 Å². The van der Waals surface area contributed by atoms with E-state index in [0.717, 1.165) is 13.0 Å². The number of hydrogen-bond acceptors (Lipinski definition) is 4. The zero-order valence-corrected chi connectivity index (χ0v) is 11.4. The first-order valence-corrected chi connectivity index (χ1v) is 6.64. The van der Waals surface area contributed by atoms with Crippen LogP contribution in [0.2, 0.25) is 0 Å². The van der Waals surface area contributed by atoms with Gasteiger partial charge in [-0.15, -0.1) is 0 Å². The van der Waals surface area contributed by atoms with Gasteiger partial charge < -0.3 is 9.88 Å². The minimum atomic E-state index is -0.349. The van der Waals surface area contributed by atoms with Crippen molar-refractivity contribution in [3.8, 4) is 0 Å². The molecule has 19 heavy (non-hydrogen) atoms. The van der Waals surface area contributed by atoms with Crippen molar-refractivity contribution in [1.29, 1.82) is 0 Å². The number of imidazole rings is 1. The predicted octanol–water partition coefficient (Wildman–Crippen LogP) is 0.399. The van der Waals surface area contributed by atoms with Crippen LogP contribution in [-0.4, -0.2) is 44.9 Å². The number of hydrogen-bond donors (Lipinski definition) is 1. The fraction of sp³-hybridized carbons (Fsp3) is 0.615. The molecule has 1 aliphatic heterocycles. The van der Waals surface area contributed by atoms with E-state index in [1.165, 1.54) is 4.90 Å². The highest BCUT2D eigenvalue weighted by molar-refractivity contribution is 6.05. The lowest BCUT2D eigenvalue weighted by molar-refractivity contribution is -0.140. The average Bonchev–Trinajstić information content (AvgIpc) is 2.93. The Hall–Kier alpha value is -1.69. The Morgan fingerprint density at radius 1 is 1.47 bits per heavy atom. The van der Waals surface area contributed by atoms with E-state index in [1.54, 1.807) is 12.5 Å². The van der Waals surface area contributed by atoms with Gasteiger partial charge in [0.2, 0.25) is 11.8 Å². The second kappa shape index (κ2) is 5.97. The molecule has 0 spiro atoms. The summed E-state index contributed by atoms with van der Waals surface area (Å²) < 4.78 is 1.99. The van der Waals surface area contributed by atoms with Crippen molar-refractivity contribution in [2.75, 3.05) is 6.54 Å². The lowest BCUT2D eigenvalue weighted by Crippen LogP contribution is -2.42. The summed E-state index contributed by atoms with van der Waals surface area (Å²) in [7, 11) is 0. The highest BCUT2D eigenvalue weighted by Gasteiger charge is 2.39. The fourth-order valence-electron chi connectivity index (χ4n) is 2.31. The molecule has 2 amide bonds. The summed E-state index contributed by atoms with van der Waals surface area (Å²) in [6, 6.07) is -0.407. The van der Waals surface area contributed by atoms with E-state index in [4.69, 9.17) is 0 Å². The molecule has 1 unspecified atom stereocenters. The third-order valence-electron chi connectivity index (χ3n) is 3.24. The van der Waals surface area contributed by atoms with E-state index >= 15 is 0 Å². The highest BCUT2D eigenvalue weighted by Crippen LogP contribution is 2.15. The third-order valence-corrected chi connectivity index (χ3v) is 3.24. The van der Waals surface area contributed by atoms with E-state index in [9.17, 15) is 9.59 Å². The zero-order valence-electron chi connectivity index (χ0n) is 11.4. The van der Waals surface area contributed by atoms with Gasteiger partial charge in [-0.05, 0) is 26.8 Å². The van der Waals surface area contributed by atoms with Crippen LogP contribution < -0.4 is 5.32 Å². The summed E-state index contributed by atoms with van der Waals surface area (Å²) in [6.07, 6.45) is 6.60. The van der Waals surface area contributed by atoms with Crippen LogP contribution in [0, 0.1) is 0 Å². The summed E-state index contributed by atoms with van der Waals surface area (Å²) >= 11 is 0. The molecule has 0 bridgehead atoms. The second-order valence-electron chi connectivity index (χ2n) is 5.06. The Morgan fingerprint density at radius 3 is 2.84 bits per heavy atom. The Bertz CT molecular complexity index is 442. The Labute approximate surface area is 112 Å². The standard InChI is InChI=1S/C13H20N4O2/c1-10(2)17-12(18)8-11(13(17)19)15-4-3-6-16-7-5-14-9-16/h5,7,9-11,15H,3-4,6,8H2,1-2H3. The van der Waals surface area contributed by atoms with Gasteiger partial charge in [0.1, 0.15) is 0 Å². The SMILES string of the molecule is CC(C)N1C(=O)CC(NCCCn2ccnc2)C1=O. The molecule has 1 N–H and O–H groups in total. The van der Waals surface area contributed by atoms with Crippen LogP contribution in [0.25, 0.3) is 0 Å². The van der Waals surface area contributed by atoms with Crippen molar-refractivity contribution in [2.45, 2.75) is 45.3 Å². The molecule has 1 aromatic rings. The molecule has 0 aliphatic carbocycles. The number of carbonyl (C=O) groups excluding carboxylic acids is 2. The molecule has 0 saturated carbocycles. The van der Waals surface area contributed by atoms with Crippen LogP contribution in [-0.2, 0) is 16.1 Å². The van der Waals surface area contributed by atoms with Crippen LogP contribution in [0.1, 0.15) is 26.7 Å².